The number of aromatic nitrogens is 2. The van der Waals surface area contributed by atoms with Crippen molar-refractivity contribution >= 4 is 8.53 Å². The van der Waals surface area contributed by atoms with Crippen LogP contribution < -0.4 is 11.2 Å². The van der Waals surface area contributed by atoms with Crippen LogP contribution in [0, 0.1) is 18.3 Å². The number of rotatable bonds is 13. The van der Waals surface area contributed by atoms with E-state index in [4.69, 9.17) is 19.0 Å². The molecule has 9 nitrogen and oxygen atoms in total. The fourth-order valence-electron chi connectivity index (χ4n) is 2.80. The standard InChI is InChI=1S/C19H33N4O5P/c1-14(2)23(15(3)4)29(27-11-7-9-20)28-13-17(26-6)8-10-22-12-16(5)18(24)21-19(22)25/h12,14-15,17H,7-8,10-11,13H2,1-6H3,(H,21,24,25). The molecular formula is C19H33N4O5P. The molecule has 2 atom stereocenters. The lowest BCUT2D eigenvalue weighted by Crippen LogP contribution is -2.35. The molecule has 0 saturated carbocycles. The molecule has 2 unspecified atom stereocenters. The Kier molecular flexibility index (Phi) is 11.3. The van der Waals surface area contributed by atoms with Gasteiger partial charge in [-0.2, -0.15) is 5.26 Å². The van der Waals surface area contributed by atoms with E-state index in [2.05, 4.69) is 43.4 Å². The van der Waals surface area contributed by atoms with E-state index in [1.54, 1.807) is 20.2 Å². The van der Waals surface area contributed by atoms with Crippen molar-refractivity contribution in [3.63, 3.8) is 0 Å². The van der Waals surface area contributed by atoms with Gasteiger partial charge in [0.05, 0.1) is 31.8 Å². The van der Waals surface area contributed by atoms with Crippen molar-refractivity contribution in [2.24, 2.45) is 0 Å². The maximum Gasteiger partial charge on any atom is 0.328 e. The molecule has 0 amide bonds. The van der Waals surface area contributed by atoms with E-state index >= 15 is 0 Å². The summed E-state index contributed by atoms with van der Waals surface area (Å²) in [5.74, 6) is 0. The first-order chi connectivity index (χ1) is 13.7. The first-order valence-corrected chi connectivity index (χ1v) is 10.9. The zero-order valence-corrected chi connectivity index (χ0v) is 19.1. The smallest absolute Gasteiger partial charge is 0.328 e. The highest BCUT2D eigenvalue weighted by Gasteiger charge is 2.28. The third-order valence-corrected chi connectivity index (χ3v) is 6.32. The second kappa shape index (κ2) is 12.9. The molecule has 0 bridgehead atoms. The second-order valence-corrected chi connectivity index (χ2v) is 8.71. The van der Waals surface area contributed by atoms with Gasteiger partial charge < -0.3 is 18.4 Å². The van der Waals surface area contributed by atoms with Gasteiger partial charge in [-0.05, 0) is 41.0 Å². The summed E-state index contributed by atoms with van der Waals surface area (Å²) in [6.45, 7) is 10.9. The Morgan fingerprint density at radius 2 is 1.90 bits per heavy atom. The van der Waals surface area contributed by atoms with E-state index in [1.807, 2.05) is 0 Å². The minimum atomic E-state index is -1.35. The van der Waals surface area contributed by atoms with Gasteiger partial charge >= 0.3 is 5.69 Å². The van der Waals surface area contributed by atoms with E-state index in [-0.39, 0.29) is 23.7 Å². The number of hydrogen-bond acceptors (Lipinski definition) is 7. The SMILES string of the molecule is COC(CCn1cc(C)c(=O)[nH]c1=O)COP(OCCC#N)N(C(C)C)C(C)C. The molecule has 1 aromatic heterocycles. The van der Waals surface area contributed by atoms with Crippen LogP contribution in [0.4, 0.5) is 0 Å². The normalized spacial score (nSPS) is 13.8. The van der Waals surface area contributed by atoms with Crippen LogP contribution in [0.25, 0.3) is 0 Å². The molecular weight excluding hydrogens is 395 g/mol. The van der Waals surface area contributed by atoms with Crippen LogP contribution in [-0.2, 0) is 20.3 Å². The van der Waals surface area contributed by atoms with Gasteiger partial charge in [0.1, 0.15) is 0 Å². The molecule has 29 heavy (non-hydrogen) atoms. The van der Waals surface area contributed by atoms with E-state index < -0.39 is 14.2 Å². The maximum absolute atomic E-state index is 11.9. The summed E-state index contributed by atoms with van der Waals surface area (Å²) in [6.07, 6.45) is 2.13. The van der Waals surface area contributed by atoms with Gasteiger partial charge in [-0.25, -0.2) is 9.46 Å². The Bertz CT molecular complexity index is 763. The Labute approximate surface area is 173 Å². The fraction of sp³-hybridized carbons (Fsp3) is 0.737. The van der Waals surface area contributed by atoms with Gasteiger partial charge in [0.25, 0.3) is 14.1 Å². The predicted octanol–water partition coefficient (Wildman–Crippen LogP) is 2.54. The second-order valence-electron chi connectivity index (χ2n) is 7.25. The number of methoxy groups -OCH3 is 1. The van der Waals surface area contributed by atoms with Crippen LogP contribution in [0.5, 0.6) is 0 Å². The number of hydrogen-bond donors (Lipinski definition) is 1. The molecule has 1 rings (SSSR count). The van der Waals surface area contributed by atoms with E-state index in [0.717, 1.165) is 0 Å². The van der Waals surface area contributed by atoms with Gasteiger partial charge in [0.15, 0.2) is 0 Å². The van der Waals surface area contributed by atoms with E-state index in [1.165, 1.54) is 4.57 Å². The number of nitriles is 1. The summed E-state index contributed by atoms with van der Waals surface area (Å²) in [5, 5.41) is 8.78. The first kappa shape index (κ1) is 25.5. The van der Waals surface area contributed by atoms with Crippen LogP contribution in [0.15, 0.2) is 15.8 Å². The number of aromatic amines is 1. The molecule has 0 saturated heterocycles. The molecule has 0 spiro atoms. The monoisotopic (exact) mass is 428 g/mol. The Balaban J connectivity index is 2.76. The third-order valence-electron chi connectivity index (χ3n) is 4.25. The molecule has 0 fully saturated rings. The van der Waals surface area contributed by atoms with Crippen molar-refractivity contribution in [1.29, 1.82) is 5.26 Å². The summed E-state index contributed by atoms with van der Waals surface area (Å²) in [5.41, 5.74) is -0.335. The highest BCUT2D eigenvalue weighted by Crippen LogP contribution is 2.46. The largest absolute Gasteiger partial charge is 0.379 e. The highest BCUT2D eigenvalue weighted by molar-refractivity contribution is 7.44. The third kappa shape index (κ3) is 8.37. The minimum absolute atomic E-state index is 0.215. The Morgan fingerprint density at radius 1 is 1.24 bits per heavy atom. The summed E-state index contributed by atoms with van der Waals surface area (Å²) in [6, 6.07) is 2.51. The van der Waals surface area contributed by atoms with Gasteiger partial charge in [0.2, 0.25) is 0 Å². The highest BCUT2D eigenvalue weighted by atomic mass is 31.2. The number of nitrogens with one attached hydrogen (secondary N) is 1. The van der Waals surface area contributed by atoms with Crippen LogP contribution in [0.2, 0.25) is 0 Å². The van der Waals surface area contributed by atoms with E-state index in [9.17, 15) is 9.59 Å². The van der Waals surface area contributed by atoms with Crippen molar-refractivity contribution in [1.82, 2.24) is 14.2 Å². The molecule has 0 radical (unpaired) electrons. The lowest BCUT2D eigenvalue weighted by Gasteiger charge is -2.36. The number of aryl methyl sites for hydroxylation is 2. The average Bonchev–Trinajstić information content (AvgIpc) is 2.64. The van der Waals surface area contributed by atoms with Crippen LogP contribution >= 0.6 is 8.53 Å². The van der Waals surface area contributed by atoms with Crippen LogP contribution in [0.3, 0.4) is 0 Å². The van der Waals surface area contributed by atoms with Crippen LogP contribution in [0.1, 0.15) is 46.1 Å². The molecule has 0 aliphatic heterocycles. The number of H-pyrrole nitrogens is 1. The summed E-state index contributed by atoms with van der Waals surface area (Å²) >= 11 is 0. The van der Waals surface area contributed by atoms with Crippen molar-refractivity contribution in [2.45, 2.75) is 72.2 Å². The quantitative estimate of drug-likeness (QED) is 0.380. The maximum atomic E-state index is 11.9. The van der Waals surface area contributed by atoms with Gasteiger partial charge in [-0.15, -0.1) is 0 Å². The van der Waals surface area contributed by atoms with Gasteiger partial charge in [-0.3, -0.25) is 9.78 Å². The number of nitrogens with zero attached hydrogens (tertiary/aromatic N) is 3. The molecule has 0 aliphatic rings. The zero-order valence-electron chi connectivity index (χ0n) is 18.2. The zero-order chi connectivity index (χ0) is 22.0. The van der Waals surface area contributed by atoms with Crippen molar-refractivity contribution < 1.29 is 13.8 Å². The predicted molar refractivity (Wildman–Crippen MR) is 113 cm³/mol. The molecule has 0 aromatic carbocycles. The molecule has 1 N–H and O–H groups in total. The molecule has 0 aliphatic carbocycles. The topological polar surface area (TPSA) is 110 Å². The molecule has 10 heteroatoms. The van der Waals surface area contributed by atoms with Gasteiger partial charge in [0, 0.05) is 37.5 Å². The minimum Gasteiger partial charge on any atom is -0.379 e. The van der Waals surface area contributed by atoms with E-state index in [0.29, 0.717) is 38.2 Å². The summed E-state index contributed by atoms with van der Waals surface area (Å²) < 4.78 is 21.1. The lowest BCUT2D eigenvalue weighted by atomic mass is 10.2. The fourth-order valence-corrected chi connectivity index (χ4v) is 4.43. The van der Waals surface area contributed by atoms with Gasteiger partial charge in [-0.1, -0.05) is 0 Å². The van der Waals surface area contributed by atoms with Crippen molar-refractivity contribution in [2.75, 3.05) is 20.3 Å². The van der Waals surface area contributed by atoms with Crippen molar-refractivity contribution in [3.8, 4) is 6.07 Å². The average molecular weight is 428 g/mol. The first-order valence-electron chi connectivity index (χ1n) is 9.75. The van der Waals surface area contributed by atoms with Crippen molar-refractivity contribution in [3.05, 3.63) is 32.6 Å². The lowest BCUT2D eigenvalue weighted by molar-refractivity contribution is 0.0405. The molecule has 1 heterocycles. The molecule has 1 aromatic rings. The van der Waals surface area contributed by atoms with Crippen LogP contribution in [-0.4, -0.2) is 52.7 Å². The summed E-state index contributed by atoms with van der Waals surface area (Å²) in [4.78, 5) is 25.7. The Morgan fingerprint density at radius 3 is 2.45 bits per heavy atom. The Hall–Kier alpha value is -1.56. The number of ether oxygens (including phenoxy) is 1. The summed E-state index contributed by atoms with van der Waals surface area (Å²) in [7, 11) is 0.246. The molecule has 164 valence electrons.